The zero-order chi connectivity index (χ0) is 20.4. The minimum atomic E-state index is -0.239. The Morgan fingerprint density at radius 2 is 1.97 bits per heavy atom. The summed E-state index contributed by atoms with van der Waals surface area (Å²) in [5.41, 5.74) is 7.97. The predicted octanol–water partition coefficient (Wildman–Crippen LogP) is 4.58. The van der Waals surface area contributed by atoms with E-state index in [1.807, 2.05) is 31.3 Å². The first-order chi connectivity index (χ1) is 14.1. The van der Waals surface area contributed by atoms with Crippen LogP contribution in [0, 0.1) is 0 Å². The summed E-state index contributed by atoms with van der Waals surface area (Å²) in [7, 11) is 0. The molecule has 2 heterocycles. The standard InChI is InChI=1S/C24H26N2O3/c1-3-16-13-19-6-5-18-14-20(27)7-8-21(18)22(23(19)25-15-16)17-9-11-26(12-10-17)24(28)29-4-2/h3,7-8,13-15,27H,1,4-6,9-12H2,2H3. The minimum Gasteiger partial charge on any atom is -0.508 e. The number of likely N-dealkylation sites (tertiary alicyclic amines) is 1. The van der Waals surface area contributed by atoms with Gasteiger partial charge in [-0.2, -0.15) is 0 Å². The molecule has 1 saturated heterocycles. The highest BCUT2D eigenvalue weighted by Crippen LogP contribution is 2.39. The summed E-state index contributed by atoms with van der Waals surface area (Å²) < 4.78 is 5.15. The molecule has 1 aromatic carbocycles. The zero-order valence-electron chi connectivity index (χ0n) is 16.8. The number of phenols is 1. The molecule has 1 N–H and O–H groups in total. The van der Waals surface area contributed by atoms with Gasteiger partial charge in [-0.05, 0) is 73.1 Å². The van der Waals surface area contributed by atoms with Crippen molar-refractivity contribution in [2.24, 2.45) is 0 Å². The van der Waals surface area contributed by atoms with E-state index in [4.69, 9.17) is 9.72 Å². The highest BCUT2D eigenvalue weighted by Gasteiger charge is 2.27. The third kappa shape index (κ3) is 3.77. The Morgan fingerprint density at radius 3 is 2.69 bits per heavy atom. The molecule has 2 aliphatic rings. The summed E-state index contributed by atoms with van der Waals surface area (Å²) in [6.07, 6.45) is 6.75. The van der Waals surface area contributed by atoms with E-state index < -0.39 is 0 Å². The SMILES string of the molecule is C=Cc1cnc2c(c1)CCc1cc(O)ccc1C2=C1CCN(C(=O)OCC)CC1. The quantitative estimate of drug-likeness (QED) is 0.815. The second-order valence-corrected chi connectivity index (χ2v) is 7.49. The van der Waals surface area contributed by atoms with Gasteiger partial charge in [0, 0.05) is 24.9 Å². The Morgan fingerprint density at radius 1 is 1.21 bits per heavy atom. The molecule has 1 aliphatic heterocycles. The first-order valence-electron chi connectivity index (χ1n) is 10.2. The van der Waals surface area contributed by atoms with Crippen molar-refractivity contribution in [1.29, 1.82) is 0 Å². The number of benzene rings is 1. The van der Waals surface area contributed by atoms with Gasteiger partial charge in [0.25, 0.3) is 0 Å². The van der Waals surface area contributed by atoms with E-state index in [1.54, 1.807) is 11.0 Å². The van der Waals surface area contributed by atoms with Gasteiger partial charge < -0.3 is 14.7 Å². The fourth-order valence-corrected chi connectivity index (χ4v) is 4.27. The molecule has 4 rings (SSSR count). The van der Waals surface area contributed by atoms with Crippen LogP contribution in [0.2, 0.25) is 0 Å². The van der Waals surface area contributed by atoms with E-state index in [-0.39, 0.29) is 11.8 Å². The number of ether oxygens (including phenoxy) is 1. The number of piperidine rings is 1. The molecule has 0 saturated carbocycles. The summed E-state index contributed by atoms with van der Waals surface area (Å²) in [6, 6.07) is 7.78. The molecule has 0 unspecified atom stereocenters. The van der Waals surface area contributed by atoms with Gasteiger partial charge in [-0.1, -0.05) is 24.3 Å². The van der Waals surface area contributed by atoms with Crippen molar-refractivity contribution in [2.75, 3.05) is 19.7 Å². The first-order valence-corrected chi connectivity index (χ1v) is 10.2. The van der Waals surface area contributed by atoms with E-state index in [1.165, 1.54) is 11.1 Å². The Bertz CT molecular complexity index is 984. The van der Waals surface area contributed by atoms with Gasteiger partial charge >= 0.3 is 6.09 Å². The lowest BCUT2D eigenvalue weighted by Gasteiger charge is -2.29. The number of aromatic nitrogens is 1. The Balaban J connectivity index is 1.78. The fraction of sp³-hybridized carbons (Fsp3) is 0.333. The third-order valence-corrected chi connectivity index (χ3v) is 5.73. The number of nitrogens with zero attached hydrogens (tertiary/aromatic N) is 2. The van der Waals surface area contributed by atoms with Crippen LogP contribution in [0.4, 0.5) is 4.79 Å². The number of carbonyl (C=O) groups is 1. The highest BCUT2D eigenvalue weighted by molar-refractivity contribution is 5.85. The van der Waals surface area contributed by atoms with Crippen molar-refractivity contribution in [1.82, 2.24) is 9.88 Å². The maximum Gasteiger partial charge on any atom is 0.409 e. The molecule has 1 amide bonds. The van der Waals surface area contributed by atoms with E-state index in [0.29, 0.717) is 19.7 Å². The number of rotatable bonds is 2. The molecular formula is C24H26N2O3. The van der Waals surface area contributed by atoms with E-state index in [9.17, 15) is 9.90 Å². The van der Waals surface area contributed by atoms with Crippen molar-refractivity contribution >= 4 is 17.7 Å². The van der Waals surface area contributed by atoms with Gasteiger partial charge in [0.2, 0.25) is 0 Å². The number of pyridine rings is 1. The normalized spacial score (nSPS) is 16.0. The van der Waals surface area contributed by atoms with E-state index >= 15 is 0 Å². The summed E-state index contributed by atoms with van der Waals surface area (Å²) in [5.74, 6) is 0.288. The molecular weight excluding hydrogens is 364 g/mol. The molecule has 1 aromatic heterocycles. The maximum absolute atomic E-state index is 12.1. The first kappa shape index (κ1) is 19.2. The van der Waals surface area contributed by atoms with Crippen LogP contribution in [-0.2, 0) is 17.6 Å². The van der Waals surface area contributed by atoms with Gasteiger partial charge in [-0.15, -0.1) is 0 Å². The largest absolute Gasteiger partial charge is 0.508 e. The van der Waals surface area contributed by atoms with Crippen LogP contribution in [0.15, 0.2) is 42.6 Å². The molecule has 1 fully saturated rings. The van der Waals surface area contributed by atoms with Gasteiger partial charge in [-0.25, -0.2) is 4.79 Å². The number of phenolic OH excluding ortho intramolecular Hbond substituents is 1. The molecule has 2 aromatic rings. The average molecular weight is 390 g/mol. The minimum absolute atomic E-state index is 0.239. The highest BCUT2D eigenvalue weighted by atomic mass is 16.6. The van der Waals surface area contributed by atoms with Crippen molar-refractivity contribution in [2.45, 2.75) is 32.6 Å². The molecule has 1 aliphatic carbocycles. The summed E-state index contributed by atoms with van der Waals surface area (Å²) in [5, 5.41) is 10.0. The van der Waals surface area contributed by atoms with Crippen molar-refractivity contribution in [3.05, 3.63) is 70.6 Å². The smallest absolute Gasteiger partial charge is 0.409 e. The molecule has 0 atom stereocenters. The molecule has 29 heavy (non-hydrogen) atoms. The topological polar surface area (TPSA) is 62.7 Å². The second-order valence-electron chi connectivity index (χ2n) is 7.49. The Hall–Kier alpha value is -3.08. The van der Waals surface area contributed by atoms with Crippen LogP contribution in [0.1, 0.15) is 47.7 Å². The Kier molecular flexibility index (Phi) is 5.38. The van der Waals surface area contributed by atoms with Crippen molar-refractivity contribution in [3.63, 3.8) is 0 Å². The number of aryl methyl sites for hydroxylation is 2. The van der Waals surface area contributed by atoms with Gasteiger partial charge in [0.05, 0.1) is 12.3 Å². The zero-order valence-corrected chi connectivity index (χ0v) is 16.8. The number of carbonyl (C=O) groups excluding carboxylic acids is 1. The van der Waals surface area contributed by atoms with Crippen LogP contribution >= 0.6 is 0 Å². The molecule has 0 radical (unpaired) electrons. The second kappa shape index (κ2) is 8.11. The lowest BCUT2D eigenvalue weighted by Crippen LogP contribution is -2.37. The number of hydrogen-bond acceptors (Lipinski definition) is 4. The number of hydrogen-bond donors (Lipinski definition) is 1. The summed E-state index contributed by atoms with van der Waals surface area (Å²) >= 11 is 0. The lowest BCUT2D eigenvalue weighted by molar-refractivity contribution is 0.104. The molecule has 0 spiro atoms. The predicted molar refractivity (Wildman–Crippen MR) is 114 cm³/mol. The summed E-state index contributed by atoms with van der Waals surface area (Å²) in [4.78, 5) is 18.7. The fourth-order valence-electron chi connectivity index (χ4n) is 4.27. The van der Waals surface area contributed by atoms with Crippen LogP contribution in [-0.4, -0.2) is 40.8 Å². The van der Waals surface area contributed by atoms with E-state index in [2.05, 4.69) is 12.6 Å². The average Bonchev–Trinajstić information content (AvgIpc) is 2.90. The monoisotopic (exact) mass is 390 g/mol. The number of amides is 1. The lowest BCUT2D eigenvalue weighted by atomic mass is 9.88. The molecule has 5 heteroatoms. The van der Waals surface area contributed by atoms with Crippen LogP contribution in [0.3, 0.4) is 0 Å². The third-order valence-electron chi connectivity index (χ3n) is 5.73. The summed E-state index contributed by atoms with van der Waals surface area (Å²) in [6.45, 7) is 7.38. The molecule has 150 valence electrons. The van der Waals surface area contributed by atoms with Crippen LogP contribution in [0.5, 0.6) is 5.75 Å². The van der Waals surface area contributed by atoms with Crippen LogP contribution in [0.25, 0.3) is 11.6 Å². The van der Waals surface area contributed by atoms with Crippen molar-refractivity contribution < 1.29 is 14.6 Å². The molecule has 5 nitrogen and oxygen atoms in total. The number of fused-ring (bicyclic) bond motifs is 2. The van der Waals surface area contributed by atoms with Gasteiger partial charge in [-0.3, -0.25) is 4.98 Å². The van der Waals surface area contributed by atoms with Crippen molar-refractivity contribution in [3.8, 4) is 5.75 Å². The Labute approximate surface area is 171 Å². The van der Waals surface area contributed by atoms with Gasteiger partial charge in [0.15, 0.2) is 0 Å². The number of aromatic hydroxyl groups is 1. The molecule has 0 bridgehead atoms. The van der Waals surface area contributed by atoms with Crippen LogP contribution < -0.4 is 0 Å². The van der Waals surface area contributed by atoms with Gasteiger partial charge in [0.1, 0.15) is 5.75 Å². The maximum atomic E-state index is 12.1. The van der Waals surface area contributed by atoms with E-state index in [0.717, 1.165) is 53.6 Å².